The van der Waals surface area contributed by atoms with Gasteiger partial charge in [0.2, 0.25) is 0 Å². The van der Waals surface area contributed by atoms with Crippen molar-refractivity contribution in [1.82, 2.24) is 0 Å². The molecule has 1 aromatic rings. The second-order valence-corrected chi connectivity index (χ2v) is 6.40. The number of ether oxygens (including phenoxy) is 2. The summed E-state index contributed by atoms with van der Waals surface area (Å²) in [6.07, 6.45) is -0.419. The van der Waals surface area contributed by atoms with Gasteiger partial charge in [-0.05, 0) is 30.2 Å². The first-order valence-electron chi connectivity index (χ1n) is 7.66. The molecule has 0 radical (unpaired) electrons. The highest BCUT2D eigenvalue weighted by atomic mass is 16.5. The summed E-state index contributed by atoms with van der Waals surface area (Å²) < 4.78 is 9.02. The monoisotopic (exact) mass is 340 g/mol. The standard InChI is InChI=1S/C10H10O4.C8H18O2/c1-13-9(11)7-3-5-8(6-4-7)10(12)14-2;1-6(2)7(10)8(3,4)5-9/h3-6H,1-2H3;6-7,9-10H,5H2,1-4H3. The SMILES string of the molecule is CC(C)C(O)C(C)(C)CO.COC(=O)c1ccc(C(=O)OC)cc1. The van der Waals surface area contributed by atoms with Gasteiger partial charge in [-0.3, -0.25) is 0 Å². The molecule has 0 heterocycles. The van der Waals surface area contributed by atoms with E-state index in [1.54, 1.807) is 0 Å². The van der Waals surface area contributed by atoms with Gasteiger partial charge in [0, 0.05) is 5.41 Å². The van der Waals surface area contributed by atoms with Crippen molar-refractivity contribution in [2.24, 2.45) is 11.3 Å². The van der Waals surface area contributed by atoms with E-state index in [0.29, 0.717) is 11.1 Å². The minimum atomic E-state index is -0.429. The maximum atomic E-state index is 11.0. The highest BCUT2D eigenvalue weighted by Gasteiger charge is 2.28. The van der Waals surface area contributed by atoms with E-state index in [0.717, 1.165) is 0 Å². The fourth-order valence-electron chi connectivity index (χ4n) is 1.97. The Hall–Kier alpha value is -1.92. The average Bonchev–Trinajstić information content (AvgIpc) is 2.60. The van der Waals surface area contributed by atoms with Crippen molar-refractivity contribution in [3.8, 4) is 0 Å². The van der Waals surface area contributed by atoms with Crippen LogP contribution in [0.1, 0.15) is 48.4 Å². The predicted molar refractivity (Wildman–Crippen MR) is 90.8 cm³/mol. The Balaban J connectivity index is 0.000000470. The quantitative estimate of drug-likeness (QED) is 0.799. The van der Waals surface area contributed by atoms with E-state index in [-0.39, 0.29) is 17.9 Å². The van der Waals surface area contributed by atoms with Crippen molar-refractivity contribution in [1.29, 1.82) is 0 Å². The zero-order chi connectivity index (χ0) is 18.9. The van der Waals surface area contributed by atoms with E-state index in [1.807, 2.05) is 27.7 Å². The van der Waals surface area contributed by atoms with E-state index in [9.17, 15) is 14.7 Å². The number of methoxy groups -OCH3 is 2. The molecule has 2 N–H and O–H groups in total. The van der Waals surface area contributed by atoms with Crippen LogP contribution in [0.4, 0.5) is 0 Å². The molecule has 0 fully saturated rings. The first kappa shape index (κ1) is 22.1. The molecule has 1 atom stereocenters. The van der Waals surface area contributed by atoms with E-state index in [4.69, 9.17) is 5.11 Å². The zero-order valence-corrected chi connectivity index (χ0v) is 15.2. The molecule has 0 aliphatic carbocycles. The van der Waals surface area contributed by atoms with E-state index in [1.165, 1.54) is 38.5 Å². The Morgan fingerprint density at radius 1 is 1.00 bits per heavy atom. The van der Waals surface area contributed by atoms with Gasteiger partial charge in [-0.25, -0.2) is 9.59 Å². The molecule has 0 aromatic heterocycles. The molecule has 0 saturated heterocycles. The summed E-state index contributed by atoms with van der Waals surface area (Å²) in [4.78, 5) is 22.1. The third-order valence-corrected chi connectivity index (χ3v) is 3.57. The molecule has 1 aromatic carbocycles. The molecule has 6 heteroatoms. The molecule has 0 aliphatic rings. The summed E-state index contributed by atoms with van der Waals surface area (Å²) in [6.45, 7) is 7.64. The van der Waals surface area contributed by atoms with Gasteiger partial charge in [-0.1, -0.05) is 27.7 Å². The van der Waals surface area contributed by atoms with Crippen molar-refractivity contribution in [2.75, 3.05) is 20.8 Å². The summed E-state index contributed by atoms with van der Waals surface area (Å²) >= 11 is 0. The second-order valence-electron chi connectivity index (χ2n) is 6.40. The number of hydrogen-bond acceptors (Lipinski definition) is 6. The van der Waals surface area contributed by atoms with Gasteiger partial charge >= 0.3 is 11.9 Å². The first-order valence-corrected chi connectivity index (χ1v) is 7.66. The predicted octanol–water partition coefficient (Wildman–Crippen LogP) is 2.28. The Bertz CT molecular complexity index is 484. The fourth-order valence-corrected chi connectivity index (χ4v) is 1.97. The normalized spacial score (nSPS) is 12.0. The van der Waals surface area contributed by atoms with Gasteiger partial charge < -0.3 is 19.7 Å². The molecule has 0 spiro atoms. The molecule has 6 nitrogen and oxygen atoms in total. The van der Waals surface area contributed by atoms with Gasteiger partial charge in [0.1, 0.15) is 0 Å². The van der Waals surface area contributed by atoms with E-state index >= 15 is 0 Å². The average molecular weight is 340 g/mol. The van der Waals surface area contributed by atoms with Crippen LogP contribution in [0.15, 0.2) is 24.3 Å². The lowest BCUT2D eigenvalue weighted by molar-refractivity contribution is -0.0204. The summed E-state index contributed by atoms with van der Waals surface area (Å²) in [6, 6.07) is 6.05. The van der Waals surface area contributed by atoms with Crippen LogP contribution in [0.2, 0.25) is 0 Å². The lowest BCUT2D eigenvalue weighted by atomic mass is 9.82. The first-order chi connectivity index (χ1) is 11.1. The Labute approximate surface area is 143 Å². The van der Waals surface area contributed by atoms with Gasteiger partial charge in [-0.15, -0.1) is 0 Å². The number of esters is 2. The van der Waals surface area contributed by atoms with E-state index < -0.39 is 18.0 Å². The Kier molecular flexibility index (Phi) is 9.25. The van der Waals surface area contributed by atoms with Crippen LogP contribution in [-0.4, -0.2) is 49.1 Å². The Morgan fingerprint density at radius 3 is 1.50 bits per heavy atom. The number of hydrogen-bond donors (Lipinski definition) is 2. The van der Waals surface area contributed by atoms with Crippen LogP contribution in [-0.2, 0) is 9.47 Å². The smallest absolute Gasteiger partial charge is 0.337 e. The molecule has 0 amide bonds. The third kappa shape index (κ3) is 6.68. The largest absolute Gasteiger partial charge is 0.465 e. The highest BCUT2D eigenvalue weighted by Crippen LogP contribution is 2.24. The molecule has 0 aliphatic heterocycles. The van der Waals surface area contributed by atoms with Crippen LogP contribution < -0.4 is 0 Å². The van der Waals surface area contributed by atoms with Crippen LogP contribution in [0.3, 0.4) is 0 Å². The minimum Gasteiger partial charge on any atom is -0.465 e. The summed E-state index contributed by atoms with van der Waals surface area (Å²) in [5.74, 6) is -0.648. The van der Waals surface area contributed by atoms with Gasteiger partial charge in [0.15, 0.2) is 0 Å². The third-order valence-electron chi connectivity index (χ3n) is 3.57. The summed E-state index contributed by atoms with van der Waals surface area (Å²) in [5, 5.41) is 18.3. The Morgan fingerprint density at radius 2 is 1.33 bits per heavy atom. The number of benzene rings is 1. The summed E-state index contributed by atoms with van der Waals surface area (Å²) in [7, 11) is 2.60. The number of carbonyl (C=O) groups excluding carboxylic acids is 2. The topological polar surface area (TPSA) is 93.1 Å². The maximum Gasteiger partial charge on any atom is 0.337 e. The minimum absolute atomic E-state index is 0.0341. The number of rotatable bonds is 5. The van der Waals surface area contributed by atoms with Crippen molar-refractivity contribution in [3.63, 3.8) is 0 Å². The molecular weight excluding hydrogens is 312 g/mol. The lowest BCUT2D eigenvalue weighted by Gasteiger charge is -2.30. The molecule has 24 heavy (non-hydrogen) atoms. The van der Waals surface area contributed by atoms with Crippen LogP contribution in [0.5, 0.6) is 0 Å². The highest BCUT2D eigenvalue weighted by molar-refractivity contribution is 5.93. The molecule has 1 unspecified atom stereocenters. The van der Waals surface area contributed by atoms with Crippen molar-refractivity contribution >= 4 is 11.9 Å². The van der Waals surface area contributed by atoms with E-state index in [2.05, 4.69) is 9.47 Å². The van der Waals surface area contributed by atoms with Crippen LogP contribution in [0, 0.1) is 11.3 Å². The van der Waals surface area contributed by atoms with Gasteiger partial charge in [0.25, 0.3) is 0 Å². The number of aliphatic hydroxyl groups excluding tert-OH is 2. The van der Waals surface area contributed by atoms with Gasteiger partial charge in [0.05, 0.1) is 38.1 Å². The molecule has 136 valence electrons. The second kappa shape index (κ2) is 10.1. The van der Waals surface area contributed by atoms with Crippen molar-refractivity contribution < 1.29 is 29.3 Å². The lowest BCUT2D eigenvalue weighted by Crippen LogP contribution is -2.36. The molecular formula is C18H28O6. The summed E-state index contributed by atoms with van der Waals surface area (Å²) in [5.41, 5.74) is 0.439. The van der Waals surface area contributed by atoms with Crippen LogP contribution >= 0.6 is 0 Å². The van der Waals surface area contributed by atoms with Crippen LogP contribution in [0.25, 0.3) is 0 Å². The fraction of sp³-hybridized carbons (Fsp3) is 0.556. The maximum absolute atomic E-state index is 11.0. The van der Waals surface area contributed by atoms with Crippen molar-refractivity contribution in [3.05, 3.63) is 35.4 Å². The number of carbonyl (C=O) groups is 2. The molecule has 1 rings (SSSR count). The van der Waals surface area contributed by atoms with Gasteiger partial charge in [-0.2, -0.15) is 0 Å². The number of aliphatic hydroxyl groups is 2. The molecule has 0 bridgehead atoms. The van der Waals surface area contributed by atoms with Crippen molar-refractivity contribution in [2.45, 2.75) is 33.8 Å². The molecule has 0 saturated carbocycles. The zero-order valence-electron chi connectivity index (χ0n) is 15.2.